The number of carbonyl (C=O) groups is 1. The molecule has 0 saturated carbocycles. The van der Waals surface area contributed by atoms with Crippen LogP contribution in [0.3, 0.4) is 0 Å². The van der Waals surface area contributed by atoms with E-state index >= 15 is 0 Å². The van der Waals surface area contributed by atoms with E-state index in [4.69, 9.17) is 17.3 Å². The average molecular weight is 323 g/mol. The number of hydrogen-bond donors (Lipinski definition) is 2. The molecule has 0 fully saturated rings. The summed E-state index contributed by atoms with van der Waals surface area (Å²) < 4.78 is 0. The van der Waals surface area contributed by atoms with Gasteiger partial charge in [0.15, 0.2) is 0 Å². The molecule has 0 heterocycles. The lowest BCUT2D eigenvalue weighted by Gasteiger charge is -2.11. The molecule has 108 valence electrons. The molecule has 3 nitrogen and oxygen atoms in total. The van der Waals surface area contributed by atoms with Gasteiger partial charge in [-0.05, 0) is 50.6 Å². The molecule has 1 atom stereocenters. The predicted octanol–water partition coefficient (Wildman–Crippen LogP) is 3.10. The summed E-state index contributed by atoms with van der Waals surface area (Å²) >= 11 is 7.34. The first kappa shape index (κ1) is 18.6. The Labute approximate surface area is 130 Å². The highest BCUT2D eigenvalue weighted by Gasteiger charge is 2.13. The van der Waals surface area contributed by atoms with Gasteiger partial charge >= 0.3 is 0 Å². The van der Waals surface area contributed by atoms with Crippen LogP contribution in [0.15, 0.2) is 29.2 Å². The summed E-state index contributed by atoms with van der Waals surface area (Å²) in [5, 5.41) is 3.51. The molecule has 1 rings (SSSR count). The Hall–Kier alpha value is -0.420. The van der Waals surface area contributed by atoms with Gasteiger partial charge in [0.05, 0.1) is 5.25 Å². The first-order valence-corrected chi connectivity index (χ1v) is 7.29. The number of nitrogens with one attached hydrogen (secondary N) is 1. The topological polar surface area (TPSA) is 55.1 Å². The Morgan fingerprint density at radius 2 is 2.00 bits per heavy atom. The first-order valence-electron chi connectivity index (χ1n) is 6.03. The molecule has 0 aliphatic heterocycles. The van der Waals surface area contributed by atoms with E-state index in [1.165, 1.54) is 11.8 Å². The molecular weight excluding hydrogens is 303 g/mol. The zero-order valence-electron chi connectivity index (χ0n) is 10.9. The molecule has 0 aromatic heterocycles. The zero-order valence-corrected chi connectivity index (χ0v) is 13.3. The molecule has 0 spiro atoms. The van der Waals surface area contributed by atoms with Crippen molar-refractivity contribution in [2.45, 2.75) is 29.9 Å². The minimum atomic E-state index is -0.107. The maximum Gasteiger partial charge on any atom is 0.233 e. The zero-order chi connectivity index (χ0) is 13.4. The Bertz CT molecular complexity index is 373. The molecule has 0 saturated heterocycles. The van der Waals surface area contributed by atoms with Gasteiger partial charge in [-0.1, -0.05) is 11.6 Å². The van der Waals surface area contributed by atoms with Crippen molar-refractivity contribution < 1.29 is 4.79 Å². The van der Waals surface area contributed by atoms with Crippen molar-refractivity contribution in [2.75, 3.05) is 13.1 Å². The van der Waals surface area contributed by atoms with Crippen molar-refractivity contribution in [2.24, 2.45) is 5.73 Å². The van der Waals surface area contributed by atoms with Gasteiger partial charge in [0.2, 0.25) is 5.91 Å². The van der Waals surface area contributed by atoms with Gasteiger partial charge in [0.1, 0.15) is 0 Å². The summed E-state index contributed by atoms with van der Waals surface area (Å²) in [6.45, 7) is 3.27. The van der Waals surface area contributed by atoms with Crippen LogP contribution in [0.25, 0.3) is 0 Å². The maximum absolute atomic E-state index is 11.8. The van der Waals surface area contributed by atoms with Crippen molar-refractivity contribution in [1.29, 1.82) is 0 Å². The Morgan fingerprint density at radius 3 is 2.58 bits per heavy atom. The fourth-order valence-electron chi connectivity index (χ4n) is 1.40. The highest BCUT2D eigenvalue weighted by atomic mass is 35.5. The lowest BCUT2D eigenvalue weighted by atomic mass is 10.3. The smallest absolute Gasteiger partial charge is 0.233 e. The van der Waals surface area contributed by atoms with Crippen molar-refractivity contribution in [3.8, 4) is 0 Å². The number of halogens is 2. The first-order chi connectivity index (χ1) is 8.63. The summed E-state index contributed by atoms with van der Waals surface area (Å²) in [7, 11) is 0. The van der Waals surface area contributed by atoms with Gasteiger partial charge in [-0.3, -0.25) is 4.79 Å². The van der Waals surface area contributed by atoms with Crippen LogP contribution in [-0.4, -0.2) is 24.2 Å². The summed E-state index contributed by atoms with van der Waals surface area (Å²) in [6.07, 6.45) is 1.87. The van der Waals surface area contributed by atoms with Crippen LogP contribution in [-0.2, 0) is 4.79 Å². The van der Waals surface area contributed by atoms with Crippen molar-refractivity contribution >= 4 is 41.7 Å². The van der Waals surface area contributed by atoms with E-state index in [9.17, 15) is 4.79 Å². The molecule has 0 aliphatic rings. The quantitative estimate of drug-likeness (QED) is 0.599. The van der Waals surface area contributed by atoms with Crippen LogP contribution < -0.4 is 11.1 Å². The number of carbonyl (C=O) groups excluding carboxylic acids is 1. The van der Waals surface area contributed by atoms with Crippen LogP contribution in [0.4, 0.5) is 0 Å². The van der Waals surface area contributed by atoms with Crippen molar-refractivity contribution in [3.63, 3.8) is 0 Å². The molecule has 1 aromatic rings. The van der Waals surface area contributed by atoms with E-state index in [1.807, 2.05) is 31.2 Å². The third kappa shape index (κ3) is 7.67. The summed E-state index contributed by atoms with van der Waals surface area (Å²) in [4.78, 5) is 12.8. The summed E-state index contributed by atoms with van der Waals surface area (Å²) in [6, 6.07) is 7.50. The second kappa shape index (κ2) is 10.4. The van der Waals surface area contributed by atoms with Crippen LogP contribution >= 0.6 is 35.8 Å². The Morgan fingerprint density at radius 1 is 1.37 bits per heavy atom. The lowest BCUT2D eigenvalue weighted by molar-refractivity contribution is -0.120. The lowest BCUT2D eigenvalue weighted by Crippen LogP contribution is -2.31. The van der Waals surface area contributed by atoms with Gasteiger partial charge in [0.25, 0.3) is 0 Å². The van der Waals surface area contributed by atoms with Crippen molar-refractivity contribution in [3.05, 3.63) is 29.3 Å². The van der Waals surface area contributed by atoms with E-state index in [0.717, 1.165) is 17.7 Å². The average Bonchev–Trinajstić information content (AvgIpc) is 2.37. The SMILES string of the molecule is CC(Sc1ccc(Cl)cc1)C(=O)NCCCCN.Cl. The molecule has 3 N–H and O–H groups in total. The largest absolute Gasteiger partial charge is 0.355 e. The normalized spacial score (nSPS) is 11.5. The molecule has 1 aromatic carbocycles. The molecule has 19 heavy (non-hydrogen) atoms. The molecule has 0 radical (unpaired) electrons. The van der Waals surface area contributed by atoms with E-state index < -0.39 is 0 Å². The summed E-state index contributed by atoms with van der Waals surface area (Å²) in [5.74, 6) is 0.0620. The molecule has 0 bridgehead atoms. The second-order valence-electron chi connectivity index (χ2n) is 4.00. The Kier molecular flexibility index (Phi) is 10.1. The molecule has 6 heteroatoms. The minimum Gasteiger partial charge on any atom is -0.355 e. The van der Waals surface area contributed by atoms with Gasteiger partial charge in [-0.25, -0.2) is 0 Å². The fourth-order valence-corrected chi connectivity index (χ4v) is 2.41. The highest BCUT2D eigenvalue weighted by Crippen LogP contribution is 2.24. The van der Waals surface area contributed by atoms with Gasteiger partial charge in [0, 0.05) is 16.5 Å². The van der Waals surface area contributed by atoms with Crippen LogP contribution in [0.1, 0.15) is 19.8 Å². The summed E-state index contributed by atoms with van der Waals surface area (Å²) in [5.41, 5.74) is 5.39. The van der Waals surface area contributed by atoms with Crippen LogP contribution in [0, 0.1) is 0 Å². The predicted molar refractivity (Wildman–Crippen MR) is 85.3 cm³/mol. The van der Waals surface area contributed by atoms with Gasteiger partial charge < -0.3 is 11.1 Å². The van der Waals surface area contributed by atoms with Crippen LogP contribution in [0.5, 0.6) is 0 Å². The van der Waals surface area contributed by atoms with E-state index in [1.54, 1.807) is 0 Å². The fraction of sp³-hybridized carbons (Fsp3) is 0.462. The van der Waals surface area contributed by atoms with Gasteiger partial charge in [-0.15, -0.1) is 24.2 Å². The third-order valence-electron chi connectivity index (χ3n) is 2.43. The monoisotopic (exact) mass is 322 g/mol. The second-order valence-corrected chi connectivity index (χ2v) is 5.85. The third-order valence-corrected chi connectivity index (χ3v) is 3.79. The van der Waals surface area contributed by atoms with Crippen LogP contribution in [0.2, 0.25) is 5.02 Å². The standard InChI is InChI=1S/C13H19ClN2OS.ClH/c1-10(13(17)16-9-3-2-8-15)18-12-6-4-11(14)5-7-12;/h4-7,10H,2-3,8-9,15H2,1H3,(H,16,17);1H. The molecular formula is C13H20Cl2N2OS. The molecule has 1 amide bonds. The number of thioether (sulfide) groups is 1. The molecule has 1 unspecified atom stereocenters. The minimum absolute atomic E-state index is 0. The highest BCUT2D eigenvalue weighted by molar-refractivity contribution is 8.00. The van der Waals surface area contributed by atoms with Gasteiger partial charge in [-0.2, -0.15) is 0 Å². The number of nitrogens with two attached hydrogens (primary N) is 1. The number of benzene rings is 1. The molecule has 0 aliphatic carbocycles. The number of unbranched alkanes of at least 4 members (excludes halogenated alkanes) is 1. The Balaban J connectivity index is 0.00000324. The van der Waals surface area contributed by atoms with E-state index in [2.05, 4.69) is 5.32 Å². The maximum atomic E-state index is 11.8. The van der Waals surface area contributed by atoms with E-state index in [-0.39, 0.29) is 23.6 Å². The number of rotatable bonds is 7. The number of hydrogen-bond acceptors (Lipinski definition) is 3. The van der Waals surface area contributed by atoms with E-state index in [0.29, 0.717) is 18.1 Å². The number of amides is 1. The van der Waals surface area contributed by atoms with Crippen molar-refractivity contribution in [1.82, 2.24) is 5.32 Å².